The molecule has 0 radical (unpaired) electrons. The fourth-order valence-corrected chi connectivity index (χ4v) is 3.10. The topological polar surface area (TPSA) is 102 Å². The highest BCUT2D eigenvalue weighted by molar-refractivity contribution is 9.10. The molecule has 1 unspecified atom stereocenters. The van der Waals surface area contributed by atoms with Gasteiger partial charge < -0.3 is 19.2 Å². The number of hydrogen-bond donors (Lipinski definition) is 1. The largest absolute Gasteiger partial charge is 0.484 e. The van der Waals surface area contributed by atoms with Crippen molar-refractivity contribution in [3.05, 3.63) is 87.8 Å². The molecule has 1 heterocycles. The highest BCUT2D eigenvalue weighted by atomic mass is 79.9. The molecule has 0 saturated heterocycles. The van der Waals surface area contributed by atoms with Gasteiger partial charge in [-0.25, -0.2) is 0 Å². The smallest absolute Gasteiger partial charge is 0.307 e. The Balaban J connectivity index is 1.68. The van der Waals surface area contributed by atoms with Gasteiger partial charge in [0.15, 0.2) is 5.76 Å². The standard InChI is InChI=1S/C23H19BrN2O5/c1-29-22(27)12-19(15-6-8-17(24)9-7-15)26-23(28)21-11-10-18(31-21)14-30-20-5-3-2-4-16(20)13-25/h2-11,19H,12,14H2,1H3,(H,26,28). The van der Waals surface area contributed by atoms with Gasteiger partial charge >= 0.3 is 5.97 Å². The summed E-state index contributed by atoms with van der Waals surface area (Å²) in [6, 6.07) is 18.8. The summed E-state index contributed by atoms with van der Waals surface area (Å²) >= 11 is 3.37. The zero-order chi connectivity index (χ0) is 22.2. The van der Waals surface area contributed by atoms with Crippen molar-refractivity contribution in [1.82, 2.24) is 5.32 Å². The van der Waals surface area contributed by atoms with Gasteiger partial charge in [-0.05, 0) is 42.0 Å². The third kappa shape index (κ3) is 5.96. The Morgan fingerprint density at radius 3 is 2.58 bits per heavy atom. The third-order valence-electron chi connectivity index (χ3n) is 4.44. The minimum absolute atomic E-state index is 0.0223. The molecule has 0 bridgehead atoms. The lowest BCUT2D eigenvalue weighted by Crippen LogP contribution is -2.30. The van der Waals surface area contributed by atoms with Crippen LogP contribution in [0, 0.1) is 11.3 Å². The van der Waals surface area contributed by atoms with Crippen molar-refractivity contribution in [1.29, 1.82) is 5.26 Å². The van der Waals surface area contributed by atoms with Crippen LogP contribution < -0.4 is 10.1 Å². The molecule has 31 heavy (non-hydrogen) atoms. The number of amides is 1. The molecule has 0 aliphatic heterocycles. The summed E-state index contributed by atoms with van der Waals surface area (Å²) in [6.45, 7) is 0.0598. The molecule has 0 aliphatic carbocycles. The number of nitriles is 1. The highest BCUT2D eigenvalue weighted by Crippen LogP contribution is 2.22. The van der Waals surface area contributed by atoms with E-state index < -0.39 is 17.9 Å². The second kappa shape index (κ2) is 10.5. The van der Waals surface area contributed by atoms with Crippen LogP contribution in [0.1, 0.15) is 39.9 Å². The van der Waals surface area contributed by atoms with Crippen molar-refractivity contribution < 1.29 is 23.5 Å². The van der Waals surface area contributed by atoms with E-state index in [1.54, 1.807) is 30.3 Å². The fraction of sp³-hybridized carbons (Fsp3) is 0.174. The summed E-state index contributed by atoms with van der Waals surface area (Å²) < 4.78 is 16.8. The van der Waals surface area contributed by atoms with Crippen LogP contribution in [0.4, 0.5) is 0 Å². The summed E-state index contributed by atoms with van der Waals surface area (Å²) in [6.07, 6.45) is -0.0223. The predicted octanol–water partition coefficient (Wildman–Crippen LogP) is 4.53. The SMILES string of the molecule is COC(=O)CC(NC(=O)c1ccc(COc2ccccc2C#N)o1)c1ccc(Br)cc1. The number of halogens is 1. The van der Waals surface area contributed by atoms with Crippen LogP contribution in [-0.2, 0) is 16.1 Å². The lowest BCUT2D eigenvalue weighted by atomic mass is 10.0. The van der Waals surface area contributed by atoms with E-state index in [1.807, 2.05) is 24.3 Å². The second-order valence-electron chi connectivity index (χ2n) is 6.52. The first kappa shape index (κ1) is 22.1. The molecule has 0 aliphatic rings. The summed E-state index contributed by atoms with van der Waals surface area (Å²) in [5.41, 5.74) is 1.16. The monoisotopic (exact) mass is 482 g/mol. The van der Waals surface area contributed by atoms with Crippen LogP contribution >= 0.6 is 15.9 Å². The maximum Gasteiger partial charge on any atom is 0.307 e. The molecule has 1 aromatic heterocycles. The predicted molar refractivity (Wildman–Crippen MR) is 115 cm³/mol. The first-order chi connectivity index (χ1) is 15.0. The van der Waals surface area contributed by atoms with E-state index >= 15 is 0 Å². The van der Waals surface area contributed by atoms with Crippen LogP contribution in [0.3, 0.4) is 0 Å². The van der Waals surface area contributed by atoms with Crippen molar-refractivity contribution in [3.63, 3.8) is 0 Å². The zero-order valence-corrected chi connectivity index (χ0v) is 18.2. The molecule has 3 aromatic rings. The van der Waals surface area contributed by atoms with Gasteiger partial charge in [-0.3, -0.25) is 9.59 Å². The maximum absolute atomic E-state index is 12.7. The van der Waals surface area contributed by atoms with Crippen molar-refractivity contribution >= 4 is 27.8 Å². The number of para-hydroxylation sites is 1. The molecular weight excluding hydrogens is 464 g/mol. The van der Waals surface area contributed by atoms with Gasteiger partial charge in [0.1, 0.15) is 24.2 Å². The van der Waals surface area contributed by atoms with Crippen LogP contribution in [0.5, 0.6) is 5.75 Å². The molecular formula is C23H19BrN2O5. The van der Waals surface area contributed by atoms with Gasteiger partial charge in [0, 0.05) is 4.47 Å². The van der Waals surface area contributed by atoms with Crippen LogP contribution in [-0.4, -0.2) is 19.0 Å². The van der Waals surface area contributed by atoms with Gasteiger partial charge in [-0.1, -0.05) is 40.2 Å². The third-order valence-corrected chi connectivity index (χ3v) is 4.97. The number of rotatable bonds is 8. The van der Waals surface area contributed by atoms with Crippen molar-refractivity contribution in [2.24, 2.45) is 0 Å². The average Bonchev–Trinajstić information content (AvgIpc) is 3.27. The average molecular weight is 483 g/mol. The molecule has 0 fully saturated rings. The summed E-state index contributed by atoms with van der Waals surface area (Å²) in [7, 11) is 1.30. The van der Waals surface area contributed by atoms with Crippen LogP contribution in [0.2, 0.25) is 0 Å². The maximum atomic E-state index is 12.7. The van der Waals surface area contributed by atoms with Gasteiger partial charge in [0.25, 0.3) is 5.91 Å². The van der Waals surface area contributed by atoms with Crippen molar-refractivity contribution in [2.75, 3.05) is 7.11 Å². The first-order valence-electron chi connectivity index (χ1n) is 9.34. The molecule has 8 heteroatoms. The van der Waals surface area contributed by atoms with E-state index in [0.29, 0.717) is 17.1 Å². The Kier molecular flexibility index (Phi) is 7.46. The lowest BCUT2D eigenvalue weighted by molar-refractivity contribution is -0.141. The van der Waals surface area contributed by atoms with Gasteiger partial charge in [0.05, 0.1) is 25.1 Å². The van der Waals surface area contributed by atoms with Gasteiger partial charge in [-0.2, -0.15) is 5.26 Å². The number of carbonyl (C=O) groups is 2. The van der Waals surface area contributed by atoms with E-state index in [4.69, 9.17) is 19.2 Å². The Morgan fingerprint density at radius 1 is 1.13 bits per heavy atom. The van der Waals surface area contributed by atoms with E-state index in [2.05, 4.69) is 27.3 Å². The molecule has 1 atom stereocenters. The fourth-order valence-electron chi connectivity index (χ4n) is 2.84. The molecule has 3 rings (SSSR count). The Hall–Kier alpha value is -3.57. The van der Waals surface area contributed by atoms with E-state index in [9.17, 15) is 9.59 Å². The summed E-state index contributed by atoms with van der Waals surface area (Å²) in [5, 5.41) is 11.9. The Labute approximate surface area is 187 Å². The molecule has 2 aromatic carbocycles. The zero-order valence-electron chi connectivity index (χ0n) is 16.6. The van der Waals surface area contributed by atoms with Crippen LogP contribution in [0.25, 0.3) is 0 Å². The van der Waals surface area contributed by atoms with Crippen molar-refractivity contribution in [2.45, 2.75) is 19.1 Å². The molecule has 0 saturated carbocycles. The number of benzene rings is 2. The Bertz CT molecular complexity index is 1100. The van der Waals surface area contributed by atoms with Gasteiger partial charge in [-0.15, -0.1) is 0 Å². The number of furan rings is 1. The molecule has 158 valence electrons. The second-order valence-corrected chi connectivity index (χ2v) is 7.44. The quantitative estimate of drug-likeness (QED) is 0.473. The van der Waals surface area contributed by atoms with E-state index in [1.165, 1.54) is 13.2 Å². The van der Waals surface area contributed by atoms with E-state index in [-0.39, 0.29) is 18.8 Å². The minimum Gasteiger partial charge on any atom is -0.484 e. The molecule has 1 N–H and O–H groups in total. The van der Waals surface area contributed by atoms with Crippen molar-refractivity contribution in [3.8, 4) is 11.8 Å². The molecule has 0 spiro atoms. The number of methoxy groups -OCH3 is 1. The minimum atomic E-state index is -0.583. The highest BCUT2D eigenvalue weighted by Gasteiger charge is 2.21. The number of nitrogens with zero attached hydrogens (tertiary/aromatic N) is 1. The normalized spacial score (nSPS) is 11.3. The number of ether oxygens (including phenoxy) is 2. The number of carbonyl (C=O) groups excluding carboxylic acids is 2. The summed E-state index contributed by atoms with van der Waals surface area (Å²) in [4.78, 5) is 24.5. The number of nitrogens with one attached hydrogen (secondary N) is 1. The summed E-state index contributed by atoms with van der Waals surface area (Å²) in [5.74, 6) is 0.0180. The molecule has 1 amide bonds. The Morgan fingerprint density at radius 2 is 1.87 bits per heavy atom. The first-order valence-corrected chi connectivity index (χ1v) is 10.1. The van der Waals surface area contributed by atoms with Crippen LogP contribution in [0.15, 0.2) is 69.6 Å². The van der Waals surface area contributed by atoms with Gasteiger partial charge in [0.2, 0.25) is 0 Å². The molecule has 7 nitrogen and oxygen atoms in total. The number of esters is 1. The number of hydrogen-bond acceptors (Lipinski definition) is 6. The van der Waals surface area contributed by atoms with E-state index in [0.717, 1.165) is 10.0 Å². The lowest BCUT2D eigenvalue weighted by Gasteiger charge is -2.17.